The molecule has 0 aliphatic carbocycles. The summed E-state index contributed by atoms with van der Waals surface area (Å²) in [5.41, 5.74) is 0.957. The van der Waals surface area contributed by atoms with E-state index in [-0.39, 0.29) is 5.69 Å². The second-order valence-corrected chi connectivity index (χ2v) is 5.22. The fraction of sp³-hybridized carbons (Fsp3) is 0.333. The maximum absolute atomic E-state index is 11.3. The summed E-state index contributed by atoms with van der Waals surface area (Å²) in [6.45, 7) is 4.67. The summed E-state index contributed by atoms with van der Waals surface area (Å²) in [5.74, 6) is -0.596. The normalized spacial score (nSPS) is 11.3. The van der Waals surface area contributed by atoms with E-state index in [2.05, 4.69) is 21.0 Å². The van der Waals surface area contributed by atoms with Gasteiger partial charge >= 0.3 is 5.97 Å². The van der Waals surface area contributed by atoms with E-state index in [4.69, 9.17) is 0 Å². The Labute approximate surface area is 107 Å². The molecule has 1 N–H and O–H groups in total. The molecular formula is C12H13BrN2O2. The van der Waals surface area contributed by atoms with Crippen LogP contribution in [0.5, 0.6) is 0 Å². The molecule has 0 bridgehead atoms. The lowest BCUT2D eigenvalue weighted by Gasteiger charge is -2.07. The molecule has 0 spiro atoms. The van der Waals surface area contributed by atoms with E-state index in [1.807, 2.05) is 32.0 Å². The van der Waals surface area contributed by atoms with Gasteiger partial charge in [-0.1, -0.05) is 35.8 Å². The van der Waals surface area contributed by atoms with Gasteiger partial charge in [-0.25, -0.2) is 4.79 Å². The minimum atomic E-state index is -0.944. The maximum atomic E-state index is 11.3. The second-order valence-electron chi connectivity index (χ2n) is 4.36. The molecule has 0 amide bonds. The molecule has 0 unspecified atom stereocenters. The van der Waals surface area contributed by atoms with E-state index < -0.39 is 5.97 Å². The van der Waals surface area contributed by atoms with Gasteiger partial charge in [-0.15, -0.1) is 0 Å². The molecule has 0 radical (unpaired) electrons. The van der Waals surface area contributed by atoms with Crippen molar-refractivity contribution in [3.63, 3.8) is 0 Å². The van der Waals surface area contributed by atoms with Crippen molar-refractivity contribution >= 4 is 32.8 Å². The minimum Gasteiger partial charge on any atom is -0.477 e. The van der Waals surface area contributed by atoms with Crippen LogP contribution >= 0.6 is 15.9 Å². The van der Waals surface area contributed by atoms with Gasteiger partial charge in [0.15, 0.2) is 5.69 Å². The number of carbonyl (C=O) groups is 1. The average Bonchev–Trinajstić information content (AvgIpc) is 2.56. The number of halogens is 1. The largest absolute Gasteiger partial charge is 0.477 e. The van der Waals surface area contributed by atoms with Gasteiger partial charge in [0.05, 0.1) is 5.52 Å². The van der Waals surface area contributed by atoms with Crippen LogP contribution in [0, 0.1) is 5.92 Å². The third-order valence-corrected chi connectivity index (χ3v) is 3.12. The highest BCUT2D eigenvalue weighted by Crippen LogP contribution is 2.27. The maximum Gasteiger partial charge on any atom is 0.354 e. The molecule has 1 heterocycles. The summed E-state index contributed by atoms with van der Waals surface area (Å²) in [6.07, 6.45) is 0. The topological polar surface area (TPSA) is 55.1 Å². The van der Waals surface area contributed by atoms with Crippen molar-refractivity contribution in [2.75, 3.05) is 0 Å². The van der Waals surface area contributed by atoms with Crippen molar-refractivity contribution in [1.29, 1.82) is 0 Å². The van der Waals surface area contributed by atoms with Crippen molar-refractivity contribution in [1.82, 2.24) is 9.78 Å². The highest BCUT2D eigenvalue weighted by atomic mass is 79.9. The molecule has 17 heavy (non-hydrogen) atoms. The van der Waals surface area contributed by atoms with Crippen LogP contribution < -0.4 is 0 Å². The van der Waals surface area contributed by atoms with Crippen LogP contribution in [0.15, 0.2) is 22.7 Å². The summed E-state index contributed by atoms with van der Waals surface area (Å²) >= 11 is 3.38. The van der Waals surface area contributed by atoms with Crippen LogP contribution in [0.2, 0.25) is 0 Å². The predicted octanol–water partition coefficient (Wildman–Crippen LogP) is 3.15. The van der Waals surface area contributed by atoms with Crippen LogP contribution in [0.25, 0.3) is 10.9 Å². The molecule has 1 aromatic carbocycles. The van der Waals surface area contributed by atoms with Gasteiger partial charge in [0.2, 0.25) is 0 Å². The van der Waals surface area contributed by atoms with Gasteiger partial charge in [-0.05, 0) is 18.1 Å². The molecule has 5 heteroatoms. The number of nitrogens with zero attached hydrogens (tertiary/aromatic N) is 2. The van der Waals surface area contributed by atoms with Crippen molar-refractivity contribution in [3.05, 3.63) is 28.4 Å². The van der Waals surface area contributed by atoms with Gasteiger partial charge in [-0.3, -0.25) is 4.68 Å². The molecule has 0 aliphatic heterocycles. The van der Waals surface area contributed by atoms with Crippen molar-refractivity contribution in [3.8, 4) is 0 Å². The van der Waals surface area contributed by atoms with E-state index in [0.29, 0.717) is 23.4 Å². The van der Waals surface area contributed by atoms with Gasteiger partial charge in [-0.2, -0.15) is 5.10 Å². The lowest BCUT2D eigenvalue weighted by atomic mass is 10.2. The molecule has 0 atom stereocenters. The molecule has 4 nitrogen and oxygen atoms in total. The number of benzene rings is 1. The fourth-order valence-corrected chi connectivity index (χ4v) is 2.38. The highest BCUT2D eigenvalue weighted by molar-refractivity contribution is 9.10. The van der Waals surface area contributed by atoms with Crippen molar-refractivity contribution < 1.29 is 9.90 Å². The minimum absolute atomic E-state index is 0.251. The Bertz CT molecular complexity index is 575. The van der Waals surface area contributed by atoms with Crippen LogP contribution in [0.3, 0.4) is 0 Å². The highest BCUT2D eigenvalue weighted by Gasteiger charge is 2.19. The first-order valence-corrected chi connectivity index (χ1v) is 6.18. The molecule has 2 rings (SSSR count). The monoisotopic (exact) mass is 296 g/mol. The number of carboxylic acid groups (broad SMARTS) is 1. The third-order valence-electron chi connectivity index (χ3n) is 2.46. The number of aromatic carboxylic acids is 1. The Balaban J connectivity index is 2.72. The molecule has 2 aromatic rings. The molecule has 0 saturated carbocycles. The number of hydrogen-bond acceptors (Lipinski definition) is 2. The first kappa shape index (κ1) is 12.1. The Hall–Kier alpha value is -1.36. The number of carboxylic acids is 1. The number of rotatable bonds is 3. The third kappa shape index (κ3) is 2.20. The first-order chi connectivity index (χ1) is 8.00. The Morgan fingerprint density at radius 3 is 2.82 bits per heavy atom. The van der Waals surface area contributed by atoms with Crippen molar-refractivity contribution in [2.45, 2.75) is 20.4 Å². The predicted molar refractivity (Wildman–Crippen MR) is 69.2 cm³/mol. The summed E-state index contributed by atoms with van der Waals surface area (Å²) in [6, 6.07) is 5.50. The quantitative estimate of drug-likeness (QED) is 0.946. The Morgan fingerprint density at radius 1 is 1.53 bits per heavy atom. The van der Waals surface area contributed by atoms with E-state index in [1.54, 1.807) is 4.68 Å². The average molecular weight is 297 g/mol. The van der Waals surface area contributed by atoms with Crippen LogP contribution in [-0.2, 0) is 6.54 Å². The molecule has 1 aromatic heterocycles. The van der Waals surface area contributed by atoms with E-state index in [1.165, 1.54) is 0 Å². The second kappa shape index (κ2) is 4.49. The van der Waals surface area contributed by atoms with Crippen LogP contribution in [-0.4, -0.2) is 20.9 Å². The van der Waals surface area contributed by atoms with E-state index in [0.717, 1.165) is 4.47 Å². The van der Waals surface area contributed by atoms with Gasteiger partial charge < -0.3 is 5.11 Å². The van der Waals surface area contributed by atoms with Gasteiger partial charge in [0, 0.05) is 16.4 Å². The van der Waals surface area contributed by atoms with Crippen LogP contribution in [0.1, 0.15) is 24.3 Å². The van der Waals surface area contributed by atoms with Crippen LogP contribution in [0.4, 0.5) is 0 Å². The lowest BCUT2D eigenvalue weighted by Crippen LogP contribution is -2.13. The zero-order chi connectivity index (χ0) is 12.6. The number of hydrogen-bond donors (Lipinski definition) is 1. The molecule has 0 saturated heterocycles. The van der Waals surface area contributed by atoms with E-state index in [9.17, 15) is 9.90 Å². The van der Waals surface area contributed by atoms with Crippen molar-refractivity contribution in [2.24, 2.45) is 5.92 Å². The zero-order valence-corrected chi connectivity index (χ0v) is 11.2. The molecule has 0 fully saturated rings. The van der Waals surface area contributed by atoms with Gasteiger partial charge in [0.1, 0.15) is 0 Å². The standard InChI is InChI=1S/C12H13BrN2O2/c1-7(2)6-15-11(12(16)17)10-8(13)4-3-5-9(10)14-15/h3-5,7H,6H2,1-2H3,(H,16,17). The Morgan fingerprint density at radius 2 is 2.24 bits per heavy atom. The zero-order valence-electron chi connectivity index (χ0n) is 9.64. The summed E-state index contributed by atoms with van der Waals surface area (Å²) < 4.78 is 2.34. The number of fused-ring (bicyclic) bond motifs is 1. The first-order valence-electron chi connectivity index (χ1n) is 5.39. The molecule has 90 valence electrons. The molecular weight excluding hydrogens is 284 g/mol. The van der Waals surface area contributed by atoms with E-state index >= 15 is 0 Å². The summed E-state index contributed by atoms with van der Waals surface area (Å²) in [4.78, 5) is 11.3. The smallest absolute Gasteiger partial charge is 0.354 e. The summed E-state index contributed by atoms with van der Waals surface area (Å²) in [7, 11) is 0. The number of aromatic nitrogens is 2. The molecule has 0 aliphatic rings. The van der Waals surface area contributed by atoms with Gasteiger partial charge in [0.25, 0.3) is 0 Å². The Kier molecular flexibility index (Phi) is 3.19. The lowest BCUT2D eigenvalue weighted by molar-refractivity contribution is 0.0684. The fourth-order valence-electron chi connectivity index (χ4n) is 1.83. The summed E-state index contributed by atoms with van der Waals surface area (Å²) in [5, 5.41) is 14.3. The SMILES string of the molecule is CC(C)Cn1nc2cccc(Br)c2c1C(=O)O.